The highest BCUT2D eigenvalue weighted by molar-refractivity contribution is 6.04. The van der Waals surface area contributed by atoms with E-state index in [4.69, 9.17) is 5.84 Å². The van der Waals surface area contributed by atoms with E-state index in [1.807, 2.05) is 5.43 Å². The van der Waals surface area contributed by atoms with Gasteiger partial charge < -0.3 is 0 Å². The Kier molecular flexibility index (Phi) is 3.80. The minimum atomic E-state index is -0.445. The molecule has 1 aliphatic rings. The normalized spacial score (nSPS) is 22.2. The predicted molar refractivity (Wildman–Crippen MR) is 69.8 cm³/mol. The average molecular weight is 276 g/mol. The molecule has 106 valence electrons. The van der Waals surface area contributed by atoms with Gasteiger partial charge in [-0.15, -0.1) is 0 Å². The summed E-state index contributed by atoms with van der Waals surface area (Å²) in [5.74, 6) is 3.60. The molecule has 0 bridgehead atoms. The molecule has 0 aliphatic carbocycles. The van der Waals surface area contributed by atoms with Gasteiger partial charge in [0.1, 0.15) is 0 Å². The summed E-state index contributed by atoms with van der Waals surface area (Å²) in [5, 5.41) is 0. The third-order valence-corrected chi connectivity index (χ3v) is 3.60. The van der Waals surface area contributed by atoms with Gasteiger partial charge in [-0.25, -0.2) is 5.84 Å². The second-order valence-corrected chi connectivity index (χ2v) is 4.85. The quantitative estimate of drug-likeness (QED) is 0.345. The number of imide groups is 1. The van der Waals surface area contributed by atoms with Crippen molar-refractivity contribution in [3.05, 3.63) is 29.6 Å². The molecule has 0 radical (unpaired) electrons. The molecule has 0 spiro atoms. The second kappa shape index (κ2) is 5.38. The number of pyridine rings is 1. The minimum absolute atomic E-state index is 0.122. The van der Waals surface area contributed by atoms with Crippen molar-refractivity contribution in [3.8, 4) is 0 Å². The van der Waals surface area contributed by atoms with Gasteiger partial charge in [0.05, 0.1) is 17.8 Å². The molecule has 1 saturated heterocycles. The van der Waals surface area contributed by atoms with E-state index in [9.17, 15) is 14.4 Å². The van der Waals surface area contributed by atoms with Crippen LogP contribution in [0.5, 0.6) is 0 Å². The first-order valence-electron chi connectivity index (χ1n) is 6.26. The van der Waals surface area contributed by atoms with Crippen LogP contribution in [0.3, 0.4) is 0 Å². The summed E-state index contributed by atoms with van der Waals surface area (Å²) in [7, 11) is 0. The highest BCUT2D eigenvalue weighted by atomic mass is 16.2. The predicted octanol–water partition coefficient (Wildman–Crippen LogP) is -0.174. The fourth-order valence-corrected chi connectivity index (χ4v) is 2.08. The van der Waals surface area contributed by atoms with E-state index in [1.165, 1.54) is 11.1 Å². The zero-order valence-electron chi connectivity index (χ0n) is 11.3. The Morgan fingerprint density at radius 2 is 1.90 bits per heavy atom. The van der Waals surface area contributed by atoms with Crippen LogP contribution in [0.25, 0.3) is 0 Å². The summed E-state index contributed by atoms with van der Waals surface area (Å²) >= 11 is 0. The fraction of sp³-hybridized carbons (Fsp3) is 0.385. The molecule has 2 unspecified atom stereocenters. The third kappa shape index (κ3) is 2.39. The smallest absolute Gasteiger partial charge is 0.266 e. The lowest BCUT2D eigenvalue weighted by atomic mass is 10.00. The molecule has 2 rings (SSSR count). The van der Waals surface area contributed by atoms with Crippen LogP contribution in [0.1, 0.15) is 29.9 Å². The molecule has 0 aromatic carbocycles. The monoisotopic (exact) mass is 276 g/mol. The zero-order chi connectivity index (χ0) is 14.9. The van der Waals surface area contributed by atoms with Gasteiger partial charge in [0.15, 0.2) is 0 Å². The summed E-state index contributed by atoms with van der Waals surface area (Å²) in [6.45, 7) is 3.61. The maximum Gasteiger partial charge on any atom is 0.266 e. The number of likely N-dealkylation sites (tertiary alicyclic amines) is 1. The highest BCUT2D eigenvalue weighted by Gasteiger charge is 2.42. The average Bonchev–Trinajstić information content (AvgIpc) is 2.65. The molecule has 2 heterocycles. The highest BCUT2D eigenvalue weighted by Crippen LogP contribution is 2.26. The van der Waals surface area contributed by atoms with Crippen LogP contribution >= 0.6 is 0 Å². The number of amides is 3. The van der Waals surface area contributed by atoms with Crippen LogP contribution < -0.4 is 11.3 Å². The molecule has 2 atom stereocenters. The van der Waals surface area contributed by atoms with Gasteiger partial charge in [0.2, 0.25) is 11.8 Å². The maximum atomic E-state index is 11.9. The topological polar surface area (TPSA) is 105 Å². The van der Waals surface area contributed by atoms with E-state index in [1.54, 1.807) is 26.0 Å². The van der Waals surface area contributed by atoms with Crippen LogP contribution in [0.4, 0.5) is 0 Å². The Hall–Kier alpha value is -2.28. The van der Waals surface area contributed by atoms with Crippen molar-refractivity contribution < 1.29 is 14.4 Å². The Labute approximate surface area is 116 Å². The number of carbonyl (C=O) groups is 3. The molecule has 7 heteroatoms. The summed E-state index contributed by atoms with van der Waals surface area (Å²) in [4.78, 5) is 40.4. The van der Waals surface area contributed by atoms with Gasteiger partial charge >= 0.3 is 0 Å². The number of hydrazine groups is 1. The maximum absolute atomic E-state index is 11.9. The van der Waals surface area contributed by atoms with E-state index in [0.29, 0.717) is 11.3 Å². The molecule has 3 amide bonds. The van der Waals surface area contributed by atoms with Crippen molar-refractivity contribution in [1.29, 1.82) is 0 Å². The van der Waals surface area contributed by atoms with Gasteiger partial charge in [-0.1, -0.05) is 13.8 Å². The molecule has 1 fully saturated rings. The van der Waals surface area contributed by atoms with E-state index in [2.05, 4.69) is 4.98 Å². The van der Waals surface area contributed by atoms with E-state index in [0.717, 1.165) is 0 Å². The van der Waals surface area contributed by atoms with Gasteiger partial charge in [-0.3, -0.25) is 29.7 Å². The van der Waals surface area contributed by atoms with Crippen LogP contribution in [-0.4, -0.2) is 27.6 Å². The Morgan fingerprint density at radius 1 is 1.30 bits per heavy atom. The fourth-order valence-electron chi connectivity index (χ4n) is 2.08. The lowest BCUT2D eigenvalue weighted by molar-refractivity contribution is -0.140. The van der Waals surface area contributed by atoms with E-state index in [-0.39, 0.29) is 30.2 Å². The summed E-state index contributed by atoms with van der Waals surface area (Å²) < 4.78 is 0. The minimum Gasteiger partial charge on any atom is -0.290 e. The molecule has 20 heavy (non-hydrogen) atoms. The summed E-state index contributed by atoms with van der Waals surface area (Å²) in [6, 6.07) is 3.14. The second-order valence-electron chi connectivity index (χ2n) is 4.85. The van der Waals surface area contributed by atoms with Crippen molar-refractivity contribution in [1.82, 2.24) is 15.3 Å². The molecule has 1 aliphatic heterocycles. The van der Waals surface area contributed by atoms with Crippen molar-refractivity contribution in [2.24, 2.45) is 17.7 Å². The molecule has 7 nitrogen and oxygen atoms in total. The molecule has 3 N–H and O–H groups in total. The van der Waals surface area contributed by atoms with Crippen LogP contribution in [-0.2, 0) is 16.1 Å². The number of nitrogen functional groups attached to an aromatic ring is 1. The van der Waals surface area contributed by atoms with E-state index >= 15 is 0 Å². The molecular weight excluding hydrogens is 260 g/mol. The Bertz CT molecular complexity index is 535. The van der Waals surface area contributed by atoms with Crippen molar-refractivity contribution in [2.75, 3.05) is 0 Å². The zero-order valence-corrected chi connectivity index (χ0v) is 11.3. The van der Waals surface area contributed by atoms with Crippen LogP contribution in [0.2, 0.25) is 0 Å². The first-order valence-corrected chi connectivity index (χ1v) is 6.26. The lowest BCUT2D eigenvalue weighted by Crippen LogP contribution is -2.31. The van der Waals surface area contributed by atoms with Gasteiger partial charge in [0, 0.05) is 18.0 Å². The SMILES string of the molecule is CC1C(=O)N(Cc2ccc(C(=O)NN)cn2)C(=O)C1C. The number of rotatable bonds is 3. The largest absolute Gasteiger partial charge is 0.290 e. The van der Waals surface area contributed by atoms with Gasteiger partial charge in [-0.2, -0.15) is 0 Å². The van der Waals surface area contributed by atoms with E-state index < -0.39 is 5.91 Å². The number of aromatic nitrogens is 1. The first-order chi connectivity index (χ1) is 9.45. The number of hydrogen-bond acceptors (Lipinski definition) is 5. The van der Waals surface area contributed by atoms with Crippen LogP contribution in [0.15, 0.2) is 18.3 Å². The number of hydrogen-bond donors (Lipinski definition) is 2. The molecule has 1 aromatic heterocycles. The Balaban J connectivity index is 2.13. The van der Waals surface area contributed by atoms with Crippen molar-refractivity contribution in [3.63, 3.8) is 0 Å². The molecule has 0 saturated carbocycles. The number of carbonyl (C=O) groups excluding carboxylic acids is 3. The summed E-state index contributed by atoms with van der Waals surface area (Å²) in [6.07, 6.45) is 1.36. The number of nitrogens with zero attached hydrogens (tertiary/aromatic N) is 2. The lowest BCUT2D eigenvalue weighted by Gasteiger charge is -2.14. The van der Waals surface area contributed by atoms with Crippen molar-refractivity contribution >= 4 is 17.7 Å². The molecular formula is C13H16N4O3. The van der Waals surface area contributed by atoms with Gasteiger partial charge in [0.25, 0.3) is 5.91 Å². The standard InChI is InChI=1S/C13H16N4O3/c1-7-8(2)13(20)17(12(7)19)6-10-4-3-9(5-15-10)11(18)16-14/h3-5,7-8H,6,14H2,1-2H3,(H,16,18). The number of nitrogens with two attached hydrogens (primary N) is 1. The van der Waals surface area contributed by atoms with Crippen molar-refractivity contribution in [2.45, 2.75) is 20.4 Å². The third-order valence-electron chi connectivity index (χ3n) is 3.60. The van der Waals surface area contributed by atoms with Gasteiger partial charge in [-0.05, 0) is 12.1 Å². The first kappa shape index (κ1) is 14.1. The Morgan fingerprint density at radius 3 is 2.35 bits per heavy atom. The number of nitrogens with one attached hydrogen (secondary N) is 1. The van der Waals surface area contributed by atoms with Crippen LogP contribution in [0, 0.1) is 11.8 Å². The molecule has 1 aromatic rings. The summed E-state index contributed by atoms with van der Waals surface area (Å²) in [5.41, 5.74) is 2.86.